The number of carboxylic acid groups (broad SMARTS) is 1. The van der Waals surface area contributed by atoms with E-state index in [9.17, 15) is 9.90 Å². The fourth-order valence-corrected chi connectivity index (χ4v) is 6.59. The molecule has 1 aromatic heterocycles. The lowest BCUT2D eigenvalue weighted by atomic mass is 9.80. The first-order chi connectivity index (χ1) is 18.1. The van der Waals surface area contributed by atoms with Crippen molar-refractivity contribution in [2.24, 2.45) is 0 Å². The van der Waals surface area contributed by atoms with Gasteiger partial charge < -0.3 is 19.7 Å². The minimum absolute atomic E-state index is 0.173. The number of halogens is 1. The standard InChI is InChI=1S/C30H36FN3O3/c31-25-7-3-1-5-22(25)28-24-10-9-20(30(35)36)19-27(24)34-14-12-21(11-13-33-15-17-37-18-16-33)32-26-8-4-2-6-23(26)29(28)34/h2,4,6,8-10,19,21-22,25,32H,1,3,5,7,11-18H2,(H,35,36)/t21?,22?,25-/m0/s1. The maximum atomic E-state index is 15.5. The number of hydrogen-bond acceptors (Lipinski definition) is 4. The maximum absolute atomic E-state index is 15.5. The molecule has 3 heterocycles. The number of aromatic nitrogens is 1. The summed E-state index contributed by atoms with van der Waals surface area (Å²) in [5.41, 5.74) is 5.45. The lowest BCUT2D eigenvalue weighted by molar-refractivity contribution is 0.0367. The number of carbonyl (C=O) groups is 1. The summed E-state index contributed by atoms with van der Waals surface area (Å²) in [6, 6.07) is 14.0. The maximum Gasteiger partial charge on any atom is 0.335 e. The lowest BCUT2D eigenvalue weighted by Gasteiger charge is -2.32. The summed E-state index contributed by atoms with van der Waals surface area (Å²) in [6.07, 6.45) is 4.42. The van der Waals surface area contributed by atoms with Crippen LogP contribution in [0.4, 0.5) is 10.1 Å². The predicted octanol–water partition coefficient (Wildman–Crippen LogP) is 5.91. The van der Waals surface area contributed by atoms with Gasteiger partial charge in [-0.15, -0.1) is 0 Å². The third-order valence-corrected chi connectivity index (χ3v) is 8.54. The number of para-hydroxylation sites is 1. The van der Waals surface area contributed by atoms with Gasteiger partial charge in [-0.25, -0.2) is 9.18 Å². The molecule has 1 saturated heterocycles. The van der Waals surface area contributed by atoms with E-state index in [-0.39, 0.29) is 17.5 Å². The molecule has 3 atom stereocenters. The Kier molecular flexibility index (Phi) is 6.91. The normalized spacial score (nSPS) is 24.5. The number of fused-ring (bicyclic) bond motifs is 5. The van der Waals surface area contributed by atoms with Crippen LogP contribution in [0.5, 0.6) is 0 Å². The van der Waals surface area contributed by atoms with Gasteiger partial charge in [0.1, 0.15) is 6.17 Å². The van der Waals surface area contributed by atoms with Crippen molar-refractivity contribution in [3.8, 4) is 11.3 Å². The van der Waals surface area contributed by atoms with Crippen LogP contribution >= 0.6 is 0 Å². The van der Waals surface area contributed by atoms with Crippen LogP contribution in [0.3, 0.4) is 0 Å². The molecule has 2 fully saturated rings. The summed E-state index contributed by atoms with van der Waals surface area (Å²) < 4.78 is 23.3. The number of morpholine rings is 1. The molecule has 7 heteroatoms. The second-order valence-corrected chi connectivity index (χ2v) is 10.8. The molecule has 6 nitrogen and oxygen atoms in total. The molecule has 2 unspecified atom stereocenters. The first-order valence-corrected chi connectivity index (χ1v) is 13.8. The molecule has 3 aliphatic rings. The van der Waals surface area contributed by atoms with Crippen molar-refractivity contribution >= 4 is 22.6 Å². The average molecular weight is 506 g/mol. The highest BCUT2D eigenvalue weighted by molar-refractivity contribution is 5.99. The van der Waals surface area contributed by atoms with Crippen LogP contribution in [0, 0.1) is 0 Å². The summed E-state index contributed by atoms with van der Waals surface area (Å²) in [5.74, 6) is -1.11. The fraction of sp³-hybridized carbons (Fsp3) is 0.500. The number of hydrogen-bond donors (Lipinski definition) is 2. The summed E-state index contributed by atoms with van der Waals surface area (Å²) in [5, 5.41) is 14.6. The highest BCUT2D eigenvalue weighted by Crippen LogP contribution is 2.47. The van der Waals surface area contributed by atoms with E-state index in [0.717, 1.165) is 105 Å². The lowest BCUT2D eigenvalue weighted by Crippen LogP contribution is -2.39. The second-order valence-electron chi connectivity index (χ2n) is 10.8. The van der Waals surface area contributed by atoms with Gasteiger partial charge in [0.25, 0.3) is 0 Å². The van der Waals surface area contributed by atoms with E-state index in [2.05, 4.69) is 33.0 Å². The number of benzene rings is 2. The molecule has 0 bridgehead atoms. The van der Waals surface area contributed by atoms with Crippen LogP contribution < -0.4 is 5.32 Å². The molecule has 0 amide bonds. The smallest absolute Gasteiger partial charge is 0.335 e. The van der Waals surface area contributed by atoms with Gasteiger partial charge in [-0.2, -0.15) is 0 Å². The van der Waals surface area contributed by atoms with E-state index in [1.807, 2.05) is 12.1 Å². The number of alkyl halides is 1. The first kappa shape index (κ1) is 24.4. The largest absolute Gasteiger partial charge is 0.478 e. The predicted molar refractivity (Wildman–Crippen MR) is 144 cm³/mol. The van der Waals surface area contributed by atoms with Crippen molar-refractivity contribution in [2.75, 3.05) is 38.2 Å². The third kappa shape index (κ3) is 4.75. The van der Waals surface area contributed by atoms with Crippen molar-refractivity contribution in [1.82, 2.24) is 9.47 Å². The molecule has 0 radical (unpaired) electrons. The Morgan fingerprint density at radius 2 is 1.86 bits per heavy atom. The van der Waals surface area contributed by atoms with Crippen LogP contribution in [0.15, 0.2) is 42.5 Å². The first-order valence-electron chi connectivity index (χ1n) is 13.8. The Balaban J connectivity index is 1.45. The zero-order chi connectivity index (χ0) is 25.4. The SMILES string of the molecule is O=C(O)c1ccc2c(C3CCCC[C@@H]3F)c3n(c2c1)CCC(CCN1CCOCC1)Nc1ccccc1-3. The molecule has 1 saturated carbocycles. The molecule has 37 heavy (non-hydrogen) atoms. The number of ether oxygens (including phenoxy) is 1. The Labute approximate surface area is 217 Å². The van der Waals surface area contributed by atoms with E-state index in [4.69, 9.17) is 4.74 Å². The Bertz CT molecular complexity index is 1280. The molecule has 3 aromatic rings. The Hall–Kier alpha value is -2.90. The summed E-state index contributed by atoms with van der Waals surface area (Å²) in [6.45, 7) is 5.32. The Morgan fingerprint density at radius 1 is 1.05 bits per heavy atom. The number of carboxylic acids is 1. The molecule has 1 aliphatic carbocycles. The van der Waals surface area contributed by atoms with Crippen molar-refractivity contribution in [2.45, 2.75) is 63.2 Å². The van der Waals surface area contributed by atoms with E-state index in [1.54, 1.807) is 12.1 Å². The van der Waals surface area contributed by atoms with Crippen molar-refractivity contribution in [3.63, 3.8) is 0 Å². The molecule has 0 spiro atoms. The van der Waals surface area contributed by atoms with Crippen LogP contribution in [0.25, 0.3) is 22.2 Å². The molecular weight excluding hydrogens is 469 g/mol. The third-order valence-electron chi connectivity index (χ3n) is 8.54. The van der Waals surface area contributed by atoms with Crippen molar-refractivity contribution < 1.29 is 19.0 Å². The molecule has 2 N–H and O–H groups in total. The number of aromatic carboxylic acids is 1. The monoisotopic (exact) mass is 505 g/mol. The van der Waals surface area contributed by atoms with Crippen molar-refractivity contribution in [3.05, 3.63) is 53.6 Å². The summed E-state index contributed by atoms with van der Waals surface area (Å²) >= 11 is 0. The van der Waals surface area contributed by atoms with Gasteiger partial charge in [-0.1, -0.05) is 37.1 Å². The van der Waals surface area contributed by atoms with Gasteiger partial charge in [0.2, 0.25) is 0 Å². The number of nitrogens with one attached hydrogen (secondary N) is 1. The van der Waals surface area contributed by atoms with Gasteiger partial charge in [-0.3, -0.25) is 4.90 Å². The highest BCUT2D eigenvalue weighted by atomic mass is 19.1. The topological polar surface area (TPSA) is 66.7 Å². The number of aryl methyl sites for hydroxylation is 1. The number of rotatable bonds is 5. The van der Waals surface area contributed by atoms with Gasteiger partial charge >= 0.3 is 5.97 Å². The Morgan fingerprint density at radius 3 is 2.68 bits per heavy atom. The quantitative estimate of drug-likeness (QED) is 0.451. The van der Waals surface area contributed by atoms with Gasteiger partial charge in [-0.05, 0) is 49.4 Å². The highest BCUT2D eigenvalue weighted by Gasteiger charge is 2.34. The van der Waals surface area contributed by atoms with Crippen LogP contribution in [0.2, 0.25) is 0 Å². The van der Waals surface area contributed by atoms with Gasteiger partial charge in [0.05, 0.1) is 24.5 Å². The molecule has 6 rings (SSSR count). The molecular formula is C30H36FN3O3. The van der Waals surface area contributed by atoms with Crippen LogP contribution in [-0.2, 0) is 11.3 Å². The number of nitrogens with zero attached hydrogens (tertiary/aromatic N) is 2. The summed E-state index contributed by atoms with van der Waals surface area (Å²) in [7, 11) is 0. The number of anilines is 1. The zero-order valence-corrected chi connectivity index (χ0v) is 21.3. The minimum atomic E-state index is -0.934. The fourth-order valence-electron chi connectivity index (χ4n) is 6.59. The average Bonchev–Trinajstić information content (AvgIpc) is 3.22. The van der Waals surface area contributed by atoms with E-state index in [1.165, 1.54) is 0 Å². The zero-order valence-electron chi connectivity index (χ0n) is 21.3. The summed E-state index contributed by atoms with van der Waals surface area (Å²) in [4.78, 5) is 14.4. The van der Waals surface area contributed by atoms with Crippen molar-refractivity contribution in [1.29, 1.82) is 0 Å². The molecule has 2 aliphatic heterocycles. The van der Waals surface area contributed by atoms with Gasteiger partial charge in [0.15, 0.2) is 0 Å². The second kappa shape index (κ2) is 10.5. The molecule has 196 valence electrons. The van der Waals surface area contributed by atoms with Crippen LogP contribution in [0.1, 0.15) is 60.4 Å². The van der Waals surface area contributed by atoms with E-state index < -0.39 is 12.1 Å². The van der Waals surface area contributed by atoms with E-state index in [0.29, 0.717) is 6.42 Å². The minimum Gasteiger partial charge on any atom is -0.478 e. The van der Waals surface area contributed by atoms with Crippen LogP contribution in [-0.4, -0.2) is 65.6 Å². The van der Waals surface area contributed by atoms with E-state index >= 15 is 4.39 Å². The molecule has 2 aromatic carbocycles. The van der Waals surface area contributed by atoms with Gasteiger partial charge in [0, 0.05) is 60.3 Å².